The average Bonchev–Trinajstić information content (AvgIpc) is 3.62. The molecule has 4 heterocycles. The Balaban J connectivity index is 1.25. The minimum Gasteiger partial charge on any atom is -0.481 e. The van der Waals surface area contributed by atoms with E-state index in [-0.39, 0.29) is 11.9 Å². The molecule has 0 bridgehead atoms. The van der Waals surface area contributed by atoms with Gasteiger partial charge in [0.15, 0.2) is 0 Å². The number of amides is 1. The quantitative estimate of drug-likeness (QED) is 0.118. The maximum atomic E-state index is 11.5. The summed E-state index contributed by atoms with van der Waals surface area (Å²) in [5, 5.41) is 21.9. The van der Waals surface area contributed by atoms with E-state index in [1.807, 2.05) is 49.5 Å². The number of hydrogen-bond acceptors (Lipinski definition) is 7. The van der Waals surface area contributed by atoms with Crippen molar-refractivity contribution in [2.45, 2.75) is 51.4 Å². The summed E-state index contributed by atoms with van der Waals surface area (Å²) in [4.78, 5) is 21.0. The van der Waals surface area contributed by atoms with Gasteiger partial charge in [-0.15, -0.1) is 0 Å². The van der Waals surface area contributed by atoms with Crippen LogP contribution < -0.4 is 20.7 Å². The second-order valence-electron chi connectivity index (χ2n) is 12.9. The third-order valence-electron chi connectivity index (χ3n) is 8.60. The number of aromatic nitrogens is 3. The lowest BCUT2D eigenvalue weighted by Gasteiger charge is -2.17. The second kappa shape index (κ2) is 14.2. The summed E-state index contributed by atoms with van der Waals surface area (Å²) in [6, 6.07) is 18.0. The summed E-state index contributed by atoms with van der Waals surface area (Å²) in [6.07, 6.45) is 5.27. The maximum absolute atomic E-state index is 11.5. The van der Waals surface area contributed by atoms with Gasteiger partial charge >= 0.3 is 0 Å². The van der Waals surface area contributed by atoms with Crippen molar-refractivity contribution in [3.63, 3.8) is 0 Å². The topological polar surface area (TPSA) is 113 Å². The van der Waals surface area contributed by atoms with Crippen molar-refractivity contribution >= 4 is 40.0 Å². The van der Waals surface area contributed by atoms with Crippen molar-refractivity contribution in [2.24, 2.45) is 7.05 Å². The molecule has 4 N–H and O–H groups in total. The van der Waals surface area contributed by atoms with E-state index in [1.165, 1.54) is 0 Å². The van der Waals surface area contributed by atoms with Crippen LogP contribution in [0.5, 0.6) is 5.88 Å². The zero-order valence-corrected chi connectivity index (χ0v) is 29.0. The lowest BCUT2D eigenvalue weighted by Crippen LogP contribution is -2.35. The third-order valence-corrected chi connectivity index (χ3v) is 9.39. The number of pyridine rings is 2. The normalized spacial score (nSPS) is 14.9. The predicted molar refractivity (Wildman–Crippen MR) is 192 cm³/mol. The van der Waals surface area contributed by atoms with E-state index in [9.17, 15) is 9.90 Å². The first-order valence-electron chi connectivity index (χ1n) is 16.0. The summed E-state index contributed by atoms with van der Waals surface area (Å²) >= 11 is 14.2. The Morgan fingerprint density at radius 3 is 2.54 bits per heavy atom. The van der Waals surface area contributed by atoms with E-state index >= 15 is 0 Å². The molecule has 0 unspecified atom stereocenters. The van der Waals surface area contributed by atoms with Gasteiger partial charge in [0.2, 0.25) is 11.8 Å². The number of nitrogens with one attached hydrogen (secondary N) is 3. The van der Waals surface area contributed by atoms with Crippen LogP contribution in [-0.4, -0.2) is 57.4 Å². The largest absolute Gasteiger partial charge is 0.481 e. The lowest BCUT2D eigenvalue weighted by atomic mass is 9.99. The second-order valence-corrected chi connectivity index (χ2v) is 13.7. The molecule has 0 radical (unpaired) electrons. The smallest absolute Gasteiger partial charge is 0.220 e. The van der Waals surface area contributed by atoms with Crippen LogP contribution in [0.3, 0.4) is 0 Å². The number of ether oxygens (including phenoxy) is 1. The Morgan fingerprint density at radius 2 is 1.79 bits per heavy atom. The van der Waals surface area contributed by atoms with Crippen LogP contribution >= 0.6 is 23.2 Å². The van der Waals surface area contributed by atoms with Gasteiger partial charge in [-0.2, -0.15) is 0 Å². The number of aryl methyl sites for hydroxylation is 1. The number of nitrogens with zero attached hydrogens (tertiary/aromatic N) is 3. The summed E-state index contributed by atoms with van der Waals surface area (Å²) in [6.45, 7) is 5.95. The zero-order chi connectivity index (χ0) is 34.0. The standard InChI is InChI=1S/C37H40Cl2N6O3/c1-37(2,47)21-41-18-24-20-45(3)31-16-22(8-11-26(24)31)35-34(39)28(14-15-42-35)27-6-5-7-29(33(27)38)30-12-9-23(36(44-30)48-4)17-40-19-25-10-13-32(46)43-25/h5-9,11-12,14-16,20,25,40-41,47H,10,13,17-19,21H2,1-4H3,(H,43,46)/t25-/m0/s1. The average molecular weight is 688 g/mol. The van der Waals surface area contributed by atoms with Crippen molar-refractivity contribution in [3.8, 4) is 39.5 Å². The highest BCUT2D eigenvalue weighted by Crippen LogP contribution is 2.42. The molecule has 6 rings (SSSR count). The van der Waals surface area contributed by atoms with Crippen LogP contribution in [0.1, 0.15) is 37.8 Å². The van der Waals surface area contributed by atoms with Crippen molar-refractivity contribution in [2.75, 3.05) is 20.2 Å². The number of rotatable bonds is 12. The van der Waals surface area contributed by atoms with Crippen molar-refractivity contribution in [1.82, 2.24) is 30.5 Å². The van der Waals surface area contributed by atoms with Gasteiger partial charge in [0.1, 0.15) is 0 Å². The van der Waals surface area contributed by atoms with Crippen LogP contribution in [0.25, 0.3) is 44.5 Å². The Labute approximate surface area is 290 Å². The van der Waals surface area contributed by atoms with Gasteiger partial charge in [0.05, 0.1) is 34.1 Å². The highest BCUT2D eigenvalue weighted by molar-refractivity contribution is 6.39. The molecule has 0 aliphatic carbocycles. The molecule has 9 nitrogen and oxygen atoms in total. The highest BCUT2D eigenvalue weighted by Gasteiger charge is 2.21. The Kier molecular flexibility index (Phi) is 10.1. The van der Waals surface area contributed by atoms with E-state index in [4.69, 9.17) is 32.9 Å². The molecule has 0 spiro atoms. The fourth-order valence-corrected chi connectivity index (χ4v) is 6.84. The summed E-state index contributed by atoms with van der Waals surface area (Å²) in [7, 11) is 3.62. The van der Waals surface area contributed by atoms with Gasteiger partial charge in [0, 0.05) is 96.8 Å². The van der Waals surface area contributed by atoms with Crippen LogP contribution in [-0.2, 0) is 24.9 Å². The summed E-state index contributed by atoms with van der Waals surface area (Å²) in [5.74, 6) is 0.610. The fourth-order valence-electron chi connectivity index (χ4n) is 6.19. The Bertz CT molecular complexity index is 1970. The first-order valence-corrected chi connectivity index (χ1v) is 16.8. The van der Waals surface area contributed by atoms with Crippen molar-refractivity contribution in [1.29, 1.82) is 0 Å². The molecule has 5 aromatic rings. The van der Waals surface area contributed by atoms with E-state index in [0.717, 1.165) is 50.7 Å². The number of carbonyl (C=O) groups is 1. The van der Waals surface area contributed by atoms with Gasteiger partial charge in [-0.05, 0) is 44.0 Å². The number of fused-ring (bicyclic) bond motifs is 1. The third kappa shape index (κ3) is 7.36. The molecular weight excluding hydrogens is 647 g/mol. The number of carbonyl (C=O) groups excluding carboxylic acids is 1. The SMILES string of the molecule is COc1nc(-c2cccc(-c3ccnc(-c4ccc5c(CNCC(C)(C)O)cn(C)c5c4)c3Cl)c2Cl)ccc1CNC[C@@H]1CCC(=O)N1. The van der Waals surface area contributed by atoms with Crippen LogP contribution in [0.4, 0.5) is 0 Å². The van der Waals surface area contributed by atoms with Gasteiger partial charge in [-0.3, -0.25) is 9.78 Å². The van der Waals surface area contributed by atoms with Gasteiger partial charge in [-0.25, -0.2) is 4.98 Å². The van der Waals surface area contributed by atoms with Crippen molar-refractivity contribution in [3.05, 3.63) is 88.2 Å². The molecule has 1 fully saturated rings. The molecule has 1 atom stereocenters. The van der Waals surface area contributed by atoms with E-state index in [2.05, 4.69) is 43.8 Å². The molecule has 1 saturated heterocycles. The zero-order valence-electron chi connectivity index (χ0n) is 27.5. The van der Waals surface area contributed by atoms with Crippen molar-refractivity contribution < 1.29 is 14.6 Å². The minimum absolute atomic E-state index is 0.102. The Morgan fingerprint density at radius 1 is 1.02 bits per heavy atom. The van der Waals surface area contributed by atoms with E-state index < -0.39 is 5.60 Å². The number of benzene rings is 2. The minimum atomic E-state index is -0.781. The predicted octanol–water partition coefficient (Wildman–Crippen LogP) is 6.51. The lowest BCUT2D eigenvalue weighted by molar-refractivity contribution is -0.119. The fraction of sp³-hybridized carbons (Fsp3) is 0.324. The molecule has 1 aliphatic heterocycles. The molecule has 0 saturated carbocycles. The Hall–Kier alpha value is -3.99. The molecular formula is C37H40Cl2N6O3. The van der Waals surface area contributed by atoms with Gasteiger partial charge in [-0.1, -0.05) is 59.6 Å². The van der Waals surface area contributed by atoms with E-state index in [0.29, 0.717) is 59.9 Å². The molecule has 48 heavy (non-hydrogen) atoms. The summed E-state index contributed by atoms with van der Waals surface area (Å²) < 4.78 is 7.74. The first kappa shape index (κ1) is 33.9. The van der Waals surface area contributed by atoms with E-state index in [1.54, 1.807) is 27.2 Å². The molecule has 2 aromatic carbocycles. The maximum Gasteiger partial charge on any atom is 0.220 e. The van der Waals surface area contributed by atoms with Crippen LogP contribution in [0.15, 0.2) is 67.0 Å². The van der Waals surface area contributed by atoms with Crippen LogP contribution in [0.2, 0.25) is 10.0 Å². The molecule has 3 aromatic heterocycles. The molecule has 1 amide bonds. The van der Waals surface area contributed by atoms with Gasteiger partial charge < -0.3 is 30.4 Å². The highest BCUT2D eigenvalue weighted by atomic mass is 35.5. The first-order chi connectivity index (χ1) is 23.0. The number of aliphatic hydroxyl groups is 1. The monoisotopic (exact) mass is 686 g/mol. The molecule has 1 aliphatic rings. The molecule has 11 heteroatoms. The van der Waals surface area contributed by atoms with Gasteiger partial charge in [0.25, 0.3) is 0 Å². The molecule has 250 valence electrons. The summed E-state index contributed by atoms with van der Waals surface area (Å²) in [5.41, 5.74) is 6.86. The number of hydrogen-bond donors (Lipinski definition) is 4. The number of halogens is 2. The number of methoxy groups -OCH3 is 1. The van der Waals surface area contributed by atoms with Crippen LogP contribution in [0, 0.1) is 0 Å².